The lowest BCUT2D eigenvalue weighted by Crippen LogP contribution is -2.51. The van der Waals surface area contributed by atoms with E-state index in [0.717, 1.165) is 36.8 Å². The first-order valence-electron chi connectivity index (χ1n) is 12.6. The zero-order valence-electron chi connectivity index (χ0n) is 20.9. The molecule has 0 unspecified atom stereocenters. The van der Waals surface area contributed by atoms with Gasteiger partial charge in [-0.15, -0.1) is 0 Å². The minimum Gasteiger partial charge on any atom is -0.472 e. The first-order valence-corrected chi connectivity index (χ1v) is 12.6. The molecule has 35 heavy (non-hydrogen) atoms. The minimum atomic E-state index is -0.359. The van der Waals surface area contributed by atoms with Crippen LogP contribution in [0.4, 0.5) is 0 Å². The minimum absolute atomic E-state index is 0.0654. The van der Waals surface area contributed by atoms with E-state index in [1.54, 1.807) is 34.5 Å². The Hall–Kier alpha value is -3.00. The summed E-state index contributed by atoms with van der Waals surface area (Å²) in [4.78, 5) is 38.8. The van der Waals surface area contributed by atoms with Crippen LogP contribution in [0.25, 0.3) is 11.1 Å². The number of hydrogen-bond acceptors (Lipinski definition) is 6. The smallest absolute Gasteiger partial charge is 0.259 e. The van der Waals surface area contributed by atoms with Crippen molar-refractivity contribution in [1.29, 1.82) is 0 Å². The van der Waals surface area contributed by atoms with Crippen LogP contribution in [0.15, 0.2) is 36.8 Å². The van der Waals surface area contributed by atoms with Crippen molar-refractivity contribution in [3.63, 3.8) is 0 Å². The van der Waals surface area contributed by atoms with E-state index in [0.29, 0.717) is 18.7 Å². The Bertz CT molecular complexity index is 1030. The molecule has 2 aliphatic rings. The third kappa shape index (κ3) is 5.64. The summed E-state index contributed by atoms with van der Waals surface area (Å²) in [5.41, 5.74) is 2.04. The van der Waals surface area contributed by atoms with Crippen molar-refractivity contribution >= 4 is 11.8 Å². The molecule has 1 N–H and O–H groups in total. The molecule has 2 aromatic rings. The molecule has 2 aromatic heterocycles. The SMILES string of the molecule is C[C@H]1CN([C@@H](C)CO)C(=O)c2cc(-c3ccncc3)cnc2O[C@@H]1CN(C)C(=O)C1CCCCC1. The van der Waals surface area contributed by atoms with E-state index < -0.39 is 0 Å². The largest absolute Gasteiger partial charge is 0.472 e. The van der Waals surface area contributed by atoms with Gasteiger partial charge in [-0.05, 0) is 43.5 Å². The number of rotatable bonds is 6. The van der Waals surface area contributed by atoms with Crippen molar-refractivity contribution in [3.8, 4) is 17.0 Å². The van der Waals surface area contributed by atoms with Gasteiger partial charge in [-0.1, -0.05) is 26.2 Å². The second-order valence-corrected chi connectivity index (χ2v) is 9.99. The normalized spacial score (nSPS) is 21.9. The molecule has 4 rings (SSSR count). The van der Waals surface area contributed by atoms with Gasteiger partial charge < -0.3 is 19.6 Å². The lowest BCUT2D eigenvalue weighted by Gasteiger charge is -2.38. The van der Waals surface area contributed by atoms with Crippen molar-refractivity contribution < 1.29 is 19.4 Å². The predicted molar refractivity (Wildman–Crippen MR) is 133 cm³/mol. The van der Waals surface area contributed by atoms with E-state index in [1.165, 1.54) is 6.42 Å². The Labute approximate surface area is 207 Å². The van der Waals surface area contributed by atoms with Crippen LogP contribution in [-0.2, 0) is 4.79 Å². The van der Waals surface area contributed by atoms with E-state index in [1.807, 2.05) is 33.0 Å². The molecule has 8 heteroatoms. The van der Waals surface area contributed by atoms with Gasteiger partial charge in [0.05, 0.1) is 19.2 Å². The summed E-state index contributed by atoms with van der Waals surface area (Å²) in [6.07, 6.45) is 10.1. The molecule has 188 valence electrons. The average Bonchev–Trinajstić information content (AvgIpc) is 2.90. The van der Waals surface area contributed by atoms with Gasteiger partial charge in [0, 0.05) is 49.6 Å². The van der Waals surface area contributed by atoms with Gasteiger partial charge in [-0.3, -0.25) is 14.6 Å². The maximum Gasteiger partial charge on any atom is 0.259 e. The molecular formula is C27H36N4O4. The third-order valence-electron chi connectivity index (χ3n) is 7.32. The highest BCUT2D eigenvalue weighted by molar-refractivity contribution is 5.98. The number of fused-ring (bicyclic) bond motifs is 1. The van der Waals surface area contributed by atoms with Crippen LogP contribution in [0, 0.1) is 11.8 Å². The van der Waals surface area contributed by atoms with E-state index in [9.17, 15) is 14.7 Å². The van der Waals surface area contributed by atoms with Crippen molar-refractivity contribution in [1.82, 2.24) is 19.8 Å². The number of amides is 2. The number of carbonyl (C=O) groups excluding carboxylic acids is 2. The quantitative estimate of drug-likeness (QED) is 0.681. The fraction of sp³-hybridized carbons (Fsp3) is 0.556. The van der Waals surface area contributed by atoms with Crippen LogP contribution < -0.4 is 4.74 Å². The van der Waals surface area contributed by atoms with Gasteiger partial charge in [0.15, 0.2) is 0 Å². The van der Waals surface area contributed by atoms with Crippen molar-refractivity contribution in [2.45, 2.75) is 58.1 Å². The van der Waals surface area contributed by atoms with Gasteiger partial charge in [-0.25, -0.2) is 4.98 Å². The molecular weight excluding hydrogens is 444 g/mol. The number of likely N-dealkylation sites (N-methyl/N-ethyl adjacent to an activating group) is 1. The number of ether oxygens (including phenoxy) is 1. The Morgan fingerprint density at radius 3 is 2.63 bits per heavy atom. The number of aromatic nitrogens is 2. The molecule has 0 radical (unpaired) electrons. The second-order valence-electron chi connectivity index (χ2n) is 9.99. The highest BCUT2D eigenvalue weighted by atomic mass is 16.5. The Morgan fingerprint density at radius 1 is 1.23 bits per heavy atom. The Morgan fingerprint density at radius 2 is 1.94 bits per heavy atom. The van der Waals surface area contributed by atoms with Gasteiger partial charge in [0.1, 0.15) is 11.7 Å². The second kappa shape index (κ2) is 11.2. The fourth-order valence-electron chi connectivity index (χ4n) is 5.04. The molecule has 1 aliphatic carbocycles. The highest BCUT2D eigenvalue weighted by Crippen LogP contribution is 2.31. The number of nitrogens with zero attached hydrogens (tertiary/aromatic N) is 4. The van der Waals surface area contributed by atoms with Crippen molar-refractivity contribution in [3.05, 3.63) is 42.4 Å². The summed E-state index contributed by atoms with van der Waals surface area (Å²) < 4.78 is 6.35. The highest BCUT2D eigenvalue weighted by Gasteiger charge is 2.35. The maximum absolute atomic E-state index is 13.6. The zero-order valence-corrected chi connectivity index (χ0v) is 20.9. The molecule has 1 fully saturated rings. The topological polar surface area (TPSA) is 95.9 Å². The van der Waals surface area contributed by atoms with Crippen LogP contribution in [-0.4, -0.2) is 75.6 Å². The van der Waals surface area contributed by atoms with Gasteiger partial charge in [0.25, 0.3) is 5.91 Å². The van der Waals surface area contributed by atoms with Crippen LogP contribution in [0.2, 0.25) is 0 Å². The van der Waals surface area contributed by atoms with Gasteiger partial charge >= 0.3 is 0 Å². The van der Waals surface area contributed by atoms with Crippen molar-refractivity contribution in [2.24, 2.45) is 11.8 Å². The standard InChI is InChI=1S/C27H36N4O4/c1-18-15-31(19(2)17-32)27(34)23-13-22(20-9-11-28-12-10-20)14-29-25(23)35-24(18)16-30(3)26(33)21-7-5-4-6-8-21/h9-14,18-19,21,24,32H,4-8,15-17H2,1-3H3/t18-,19-,24+/m0/s1. The van der Waals surface area contributed by atoms with Crippen LogP contribution in [0.5, 0.6) is 5.88 Å². The first kappa shape index (κ1) is 25.1. The molecule has 0 aromatic carbocycles. The van der Waals surface area contributed by atoms with Gasteiger partial charge in [0.2, 0.25) is 11.8 Å². The number of aliphatic hydroxyl groups excluding tert-OH is 1. The Balaban J connectivity index is 1.64. The van der Waals surface area contributed by atoms with E-state index in [2.05, 4.69) is 9.97 Å². The maximum atomic E-state index is 13.6. The lowest BCUT2D eigenvalue weighted by molar-refractivity contribution is -0.136. The molecule has 0 saturated heterocycles. The zero-order chi connectivity index (χ0) is 24.9. The van der Waals surface area contributed by atoms with E-state index >= 15 is 0 Å². The van der Waals surface area contributed by atoms with E-state index in [-0.39, 0.29) is 48.3 Å². The van der Waals surface area contributed by atoms with Crippen LogP contribution >= 0.6 is 0 Å². The summed E-state index contributed by atoms with van der Waals surface area (Å²) >= 11 is 0. The lowest BCUT2D eigenvalue weighted by atomic mass is 9.88. The molecule has 2 amide bonds. The Kier molecular flexibility index (Phi) is 8.00. The molecule has 0 bridgehead atoms. The first-order chi connectivity index (χ1) is 16.9. The van der Waals surface area contributed by atoms with Crippen LogP contribution in [0.1, 0.15) is 56.3 Å². The van der Waals surface area contributed by atoms with E-state index in [4.69, 9.17) is 4.74 Å². The monoisotopic (exact) mass is 480 g/mol. The third-order valence-corrected chi connectivity index (χ3v) is 7.32. The fourth-order valence-corrected chi connectivity index (χ4v) is 5.04. The molecule has 3 atom stereocenters. The summed E-state index contributed by atoms with van der Waals surface area (Å²) in [5, 5.41) is 9.86. The molecule has 8 nitrogen and oxygen atoms in total. The molecule has 3 heterocycles. The summed E-state index contributed by atoms with van der Waals surface area (Å²) in [7, 11) is 1.84. The predicted octanol–water partition coefficient (Wildman–Crippen LogP) is 3.40. The molecule has 1 aliphatic heterocycles. The summed E-state index contributed by atoms with van der Waals surface area (Å²) in [6, 6.07) is 5.16. The average molecular weight is 481 g/mol. The number of hydrogen-bond donors (Lipinski definition) is 1. The molecule has 1 saturated carbocycles. The summed E-state index contributed by atoms with van der Waals surface area (Å²) in [6.45, 7) is 4.54. The van der Waals surface area contributed by atoms with Gasteiger partial charge in [-0.2, -0.15) is 0 Å². The summed E-state index contributed by atoms with van der Waals surface area (Å²) in [5.74, 6) is 0.225. The number of pyridine rings is 2. The number of aliphatic hydroxyl groups is 1. The van der Waals surface area contributed by atoms with Crippen molar-refractivity contribution in [2.75, 3.05) is 26.7 Å². The molecule has 0 spiro atoms. The number of carbonyl (C=O) groups is 2. The van der Waals surface area contributed by atoms with Crippen LogP contribution in [0.3, 0.4) is 0 Å².